The van der Waals surface area contributed by atoms with Gasteiger partial charge >= 0.3 is 0 Å². The molecule has 1 aromatic carbocycles. The minimum absolute atomic E-state index is 0.117. The van der Waals surface area contributed by atoms with E-state index in [0.29, 0.717) is 6.42 Å². The van der Waals surface area contributed by atoms with E-state index in [0.717, 1.165) is 28.6 Å². The minimum Gasteiger partial charge on any atom is -0.281 e. The van der Waals surface area contributed by atoms with Crippen LogP contribution in [0.1, 0.15) is 31.4 Å². The fourth-order valence-corrected chi connectivity index (χ4v) is 2.55. The van der Waals surface area contributed by atoms with Gasteiger partial charge in [-0.15, -0.1) is 0 Å². The molecule has 106 valence electrons. The fourth-order valence-electron chi connectivity index (χ4n) is 2.55. The first-order chi connectivity index (χ1) is 10.3. The summed E-state index contributed by atoms with van der Waals surface area (Å²) in [5.41, 5.74) is 3.15. The van der Waals surface area contributed by atoms with Crippen molar-refractivity contribution >= 4 is 10.9 Å². The Kier molecular flexibility index (Phi) is 5.11. The van der Waals surface area contributed by atoms with Crippen LogP contribution in [0.5, 0.6) is 0 Å². The number of hydrogen-bond acceptors (Lipinski definition) is 2. The lowest BCUT2D eigenvalue weighted by atomic mass is 9.88. The Labute approximate surface area is 125 Å². The number of nitrogens with zero attached hydrogens (tertiary/aromatic N) is 2. The van der Waals surface area contributed by atoms with Crippen LogP contribution in [0.3, 0.4) is 0 Å². The summed E-state index contributed by atoms with van der Waals surface area (Å²) in [7, 11) is 0. The molecule has 3 heteroatoms. The third kappa shape index (κ3) is 3.29. The summed E-state index contributed by atoms with van der Waals surface area (Å²) in [4.78, 5) is 0. The molecule has 21 heavy (non-hydrogen) atoms. The molecule has 2 rings (SSSR count). The third-order valence-electron chi connectivity index (χ3n) is 3.46. The zero-order valence-corrected chi connectivity index (χ0v) is 12.2. The second-order valence-corrected chi connectivity index (χ2v) is 4.81. The van der Waals surface area contributed by atoms with Crippen LogP contribution in [0.25, 0.3) is 10.9 Å². The van der Waals surface area contributed by atoms with Gasteiger partial charge in [-0.1, -0.05) is 49.1 Å². The lowest BCUT2D eigenvalue weighted by molar-refractivity contribution is 0.710. The van der Waals surface area contributed by atoms with Gasteiger partial charge in [-0.05, 0) is 25.0 Å². The van der Waals surface area contributed by atoms with Crippen LogP contribution in [0.15, 0.2) is 60.7 Å². The zero-order chi connectivity index (χ0) is 15.1. The van der Waals surface area contributed by atoms with E-state index >= 15 is 0 Å². The molecule has 0 aliphatic carbocycles. The predicted octanol–water partition coefficient (Wildman–Crippen LogP) is 4.64. The second-order valence-electron chi connectivity index (χ2n) is 4.81. The van der Waals surface area contributed by atoms with E-state index in [4.69, 9.17) is 5.26 Å². The summed E-state index contributed by atoms with van der Waals surface area (Å²) >= 11 is 0. The van der Waals surface area contributed by atoms with Gasteiger partial charge in [0.1, 0.15) is 0 Å². The minimum atomic E-state index is 0.117. The maximum atomic E-state index is 8.93. The maximum Gasteiger partial charge on any atom is 0.0923 e. The molecule has 1 aromatic heterocycles. The third-order valence-corrected chi connectivity index (χ3v) is 3.46. The predicted molar refractivity (Wildman–Crippen MR) is 86.8 cm³/mol. The number of allylic oxidation sites excluding steroid dienone is 5. The number of nitrogens with one attached hydrogen (secondary N) is 1. The Morgan fingerprint density at radius 2 is 2.29 bits per heavy atom. The van der Waals surface area contributed by atoms with E-state index < -0.39 is 0 Å². The largest absolute Gasteiger partial charge is 0.281 e. The maximum absolute atomic E-state index is 8.93. The Hall–Kier alpha value is -2.60. The Morgan fingerprint density at radius 1 is 1.48 bits per heavy atom. The smallest absolute Gasteiger partial charge is 0.0923 e. The van der Waals surface area contributed by atoms with Gasteiger partial charge in [0.2, 0.25) is 0 Å². The van der Waals surface area contributed by atoms with Gasteiger partial charge in [0.25, 0.3) is 0 Å². The van der Waals surface area contributed by atoms with Crippen molar-refractivity contribution in [1.29, 1.82) is 5.26 Å². The van der Waals surface area contributed by atoms with Crippen LogP contribution in [-0.4, -0.2) is 10.2 Å². The SMILES string of the molecule is C=C/C=C(\C=C/C)C(CCC#N)c1[nH]nc2ccccc12. The molecule has 1 unspecified atom stereocenters. The van der Waals surface area contributed by atoms with Gasteiger partial charge < -0.3 is 0 Å². The second kappa shape index (κ2) is 7.25. The van der Waals surface area contributed by atoms with Crippen molar-refractivity contribution in [3.05, 3.63) is 66.4 Å². The Bertz CT molecular complexity index is 713. The average molecular weight is 277 g/mol. The highest BCUT2D eigenvalue weighted by atomic mass is 15.1. The fraction of sp³-hybridized carbons (Fsp3) is 0.222. The number of benzene rings is 1. The molecule has 0 aliphatic rings. The molecule has 0 saturated carbocycles. The summed E-state index contributed by atoms with van der Waals surface area (Å²) in [6.07, 6.45) is 9.12. The lowest BCUT2D eigenvalue weighted by Crippen LogP contribution is -2.03. The van der Waals surface area contributed by atoms with E-state index in [9.17, 15) is 0 Å². The van der Waals surface area contributed by atoms with Crippen molar-refractivity contribution in [2.45, 2.75) is 25.7 Å². The molecule has 2 aromatic rings. The molecule has 0 radical (unpaired) electrons. The van der Waals surface area contributed by atoms with Crippen LogP contribution in [0, 0.1) is 11.3 Å². The molecule has 0 fully saturated rings. The molecule has 0 spiro atoms. The summed E-state index contributed by atoms with van der Waals surface area (Å²) < 4.78 is 0. The standard InChI is InChI=1S/C18H19N3/c1-3-8-14(9-4-2)15(11-7-13-19)18-16-10-5-6-12-17(16)20-21-18/h3-6,8-10,12,15H,1,7,11H2,2H3,(H,20,21)/b9-4-,14-8+. The average Bonchev–Trinajstić information content (AvgIpc) is 2.92. The van der Waals surface area contributed by atoms with E-state index in [1.54, 1.807) is 6.08 Å². The van der Waals surface area contributed by atoms with E-state index in [1.165, 1.54) is 0 Å². The topological polar surface area (TPSA) is 52.5 Å². The number of para-hydroxylation sites is 1. The molecule has 0 aliphatic heterocycles. The normalized spacial score (nSPS) is 13.4. The first-order valence-corrected chi connectivity index (χ1v) is 7.07. The number of rotatable bonds is 6. The lowest BCUT2D eigenvalue weighted by Gasteiger charge is -2.16. The summed E-state index contributed by atoms with van der Waals surface area (Å²) in [5, 5.41) is 17.6. The molecule has 3 nitrogen and oxygen atoms in total. The van der Waals surface area contributed by atoms with Crippen molar-refractivity contribution in [1.82, 2.24) is 10.2 Å². The summed E-state index contributed by atoms with van der Waals surface area (Å²) in [5.74, 6) is 0.117. The van der Waals surface area contributed by atoms with Crippen LogP contribution in [-0.2, 0) is 0 Å². The summed E-state index contributed by atoms with van der Waals surface area (Å²) in [6.45, 7) is 5.78. The zero-order valence-electron chi connectivity index (χ0n) is 12.2. The molecule has 1 N–H and O–H groups in total. The number of hydrogen-bond donors (Lipinski definition) is 1. The van der Waals surface area contributed by atoms with E-state index in [-0.39, 0.29) is 5.92 Å². The quantitative estimate of drug-likeness (QED) is 0.782. The van der Waals surface area contributed by atoms with Crippen molar-refractivity contribution in [2.75, 3.05) is 0 Å². The van der Waals surface area contributed by atoms with Gasteiger partial charge in [0.05, 0.1) is 17.3 Å². The Balaban J connectivity index is 2.51. The number of aromatic amines is 1. The number of aromatic nitrogens is 2. The molecule has 1 atom stereocenters. The molecule has 0 saturated heterocycles. The highest BCUT2D eigenvalue weighted by Crippen LogP contribution is 2.33. The van der Waals surface area contributed by atoms with Gasteiger partial charge in [0.15, 0.2) is 0 Å². The molecular formula is C18H19N3. The monoisotopic (exact) mass is 277 g/mol. The number of H-pyrrole nitrogens is 1. The number of nitriles is 1. The highest BCUT2D eigenvalue weighted by molar-refractivity contribution is 5.82. The Morgan fingerprint density at radius 3 is 3.00 bits per heavy atom. The van der Waals surface area contributed by atoms with Crippen molar-refractivity contribution in [3.8, 4) is 6.07 Å². The molecule has 0 bridgehead atoms. The highest BCUT2D eigenvalue weighted by Gasteiger charge is 2.19. The molecular weight excluding hydrogens is 258 g/mol. The van der Waals surface area contributed by atoms with E-state index in [2.05, 4.69) is 35.0 Å². The van der Waals surface area contributed by atoms with E-state index in [1.807, 2.05) is 37.3 Å². The van der Waals surface area contributed by atoms with Crippen LogP contribution >= 0.6 is 0 Å². The van der Waals surface area contributed by atoms with Gasteiger partial charge in [0, 0.05) is 17.7 Å². The van der Waals surface area contributed by atoms with Crippen LogP contribution < -0.4 is 0 Å². The van der Waals surface area contributed by atoms with Gasteiger partial charge in [-0.3, -0.25) is 5.10 Å². The molecule has 1 heterocycles. The van der Waals surface area contributed by atoms with Crippen LogP contribution in [0.2, 0.25) is 0 Å². The first-order valence-electron chi connectivity index (χ1n) is 7.07. The number of fused-ring (bicyclic) bond motifs is 1. The summed E-state index contributed by atoms with van der Waals surface area (Å²) in [6, 6.07) is 10.3. The molecule has 0 amide bonds. The van der Waals surface area contributed by atoms with Crippen molar-refractivity contribution < 1.29 is 0 Å². The first kappa shape index (κ1) is 14.8. The van der Waals surface area contributed by atoms with Crippen molar-refractivity contribution in [2.24, 2.45) is 0 Å². The van der Waals surface area contributed by atoms with Gasteiger partial charge in [-0.2, -0.15) is 10.4 Å². The van der Waals surface area contributed by atoms with Crippen molar-refractivity contribution in [3.63, 3.8) is 0 Å². The van der Waals surface area contributed by atoms with Gasteiger partial charge in [-0.25, -0.2) is 0 Å². The van der Waals surface area contributed by atoms with Crippen LogP contribution in [0.4, 0.5) is 0 Å².